The summed E-state index contributed by atoms with van der Waals surface area (Å²) in [6.45, 7) is 1.65. The van der Waals surface area contributed by atoms with Gasteiger partial charge in [0, 0.05) is 0 Å². The molecule has 0 fully saturated rings. The summed E-state index contributed by atoms with van der Waals surface area (Å²) >= 11 is 0. The zero-order valence-corrected chi connectivity index (χ0v) is 9.37. The molecular formula is C12H14O5. The summed E-state index contributed by atoms with van der Waals surface area (Å²) < 4.78 is 4.95. The van der Waals surface area contributed by atoms with E-state index >= 15 is 0 Å². The Morgan fingerprint density at radius 3 is 2.41 bits per heavy atom. The molecule has 0 heterocycles. The summed E-state index contributed by atoms with van der Waals surface area (Å²) in [6, 6.07) is 8.99. The van der Waals surface area contributed by atoms with Crippen molar-refractivity contribution < 1.29 is 24.5 Å². The van der Waals surface area contributed by atoms with Gasteiger partial charge in [0.05, 0.1) is 6.42 Å². The van der Waals surface area contributed by atoms with Gasteiger partial charge in [0.25, 0.3) is 0 Å². The van der Waals surface area contributed by atoms with Gasteiger partial charge in [0.2, 0.25) is 0 Å². The van der Waals surface area contributed by atoms with E-state index in [0.717, 1.165) is 5.56 Å². The number of carboxylic acids is 1. The highest BCUT2D eigenvalue weighted by molar-refractivity contribution is 5.80. The minimum atomic E-state index is -1.63. The van der Waals surface area contributed by atoms with E-state index in [1.807, 2.05) is 6.07 Å². The highest BCUT2D eigenvalue weighted by Crippen LogP contribution is 2.16. The van der Waals surface area contributed by atoms with Crippen molar-refractivity contribution in [3.8, 4) is 0 Å². The summed E-state index contributed by atoms with van der Waals surface area (Å²) in [5, 5.41) is 17.6. The molecule has 1 aromatic carbocycles. The molecule has 0 aliphatic rings. The molecule has 0 aliphatic heterocycles. The molecule has 2 atom stereocenters. The van der Waals surface area contributed by atoms with Crippen LogP contribution in [0.5, 0.6) is 0 Å². The Morgan fingerprint density at radius 2 is 1.88 bits per heavy atom. The van der Waals surface area contributed by atoms with Gasteiger partial charge in [0.15, 0.2) is 6.10 Å². The van der Waals surface area contributed by atoms with E-state index in [1.54, 1.807) is 31.2 Å². The third kappa shape index (κ3) is 4.24. The summed E-state index contributed by atoms with van der Waals surface area (Å²) in [6.07, 6.45) is -2.80. The lowest BCUT2D eigenvalue weighted by molar-refractivity contribution is -0.162. The monoisotopic (exact) mass is 238 g/mol. The first-order valence-corrected chi connectivity index (χ1v) is 5.16. The van der Waals surface area contributed by atoms with E-state index in [-0.39, 0.29) is 0 Å². The molecule has 1 aromatic rings. The number of rotatable bonds is 5. The van der Waals surface area contributed by atoms with Crippen molar-refractivity contribution in [3.63, 3.8) is 0 Å². The molecular weight excluding hydrogens is 224 g/mol. The van der Waals surface area contributed by atoms with Crippen LogP contribution in [-0.2, 0) is 14.3 Å². The smallest absolute Gasteiger partial charge is 0.336 e. The molecule has 0 aromatic heterocycles. The van der Waals surface area contributed by atoms with E-state index in [9.17, 15) is 14.7 Å². The van der Waals surface area contributed by atoms with Crippen LogP contribution in [0, 0.1) is 0 Å². The van der Waals surface area contributed by atoms with Gasteiger partial charge in [-0.1, -0.05) is 30.3 Å². The Kier molecular flexibility index (Phi) is 4.66. The average molecular weight is 238 g/mol. The predicted molar refractivity (Wildman–Crippen MR) is 59.2 cm³/mol. The van der Waals surface area contributed by atoms with Crippen LogP contribution in [0.2, 0.25) is 0 Å². The van der Waals surface area contributed by atoms with Gasteiger partial charge < -0.3 is 14.9 Å². The van der Waals surface area contributed by atoms with Crippen LogP contribution >= 0.6 is 0 Å². The molecule has 0 amide bonds. The molecule has 92 valence electrons. The second-order valence-corrected chi connectivity index (χ2v) is 3.60. The first-order valence-electron chi connectivity index (χ1n) is 5.16. The van der Waals surface area contributed by atoms with Gasteiger partial charge in [-0.05, 0) is 12.5 Å². The normalized spacial score (nSPS) is 13.8. The number of aliphatic hydroxyl groups is 1. The second kappa shape index (κ2) is 6.00. The minimum Gasteiger partial charge on any atom is -0.481 e. The van der Waals surface area contributed by atoms with E-state index in [0.29, 0.717) is 0 Å². The molecule has 0 saturated carbocycles. The quantitative estimate of drug-likeness (QED) is 0.751. The van der Waals surface area contributed by atoms with Crippen molar-refractivity contribution in [2.75, 3.05) is 0 Å². The molecule has 17 heavy (non-hydrogen) atoms. The number of benzene rings is 1. The maximum atomic E-state index is 11.3. The number of aliphatic hydroxyl groups excluding tert-OH is 1. The van der Waals surface area contributed by atoms with Gasteiger partial charge in [-0.2, -0.15) is 0 Å². The van der Waals surface area contributed by atoms with Crippen LogP contribution in [0.4, 0.5) is 0 Å². The number of carbonyl (C=O) groups is 2. The molecule has 0 bridgehead atoms. The van der Waals surface area contributed by atoms with E-state index in [4.69, 9.17) is 9.84 Å². The topological polar surface area (TPSA) is 83.8 Å². The number of esters is 1. The van der Waals surface area contributed by atoms with Crippen molar-refractivity contribution in [2.24, 2.45) is 0 Å². The minimum absolute atomic E-state index is 0.521. The van der Waals surface area contributed by atoms with Crippen LogP contribution in [0.15, 0.2) is 30.3 Å². The molecule has 1 rings (SSSR count). The standard InChI is InChI=1S/C12H14O5/c1-8(9-5-3-2-4-6-9)17-12(16)10(13)7-11(14)15/h2-6,8,10,13H,7H2,1H3,(H,14,15)/t8-,10-/m1/s1. The van der Waals surface area contributed by atoms with Crippen LogP contribution in [-0.4, -0.2) is 28.3 Å². The number of ether oxygens (including phenoxy) is 1. The van der Waals surface area contributed by atoms with Gasteiger partial charge in [-0.15, -0.1) is 0 Å². The highest BCUT2D eigenvalue weighted by Gasteiger charge is 2.22. The number of aliphatic carboxylic acids is 1. The fourth-order valence-corrected chi connectivity index (χ4v) is 1.29. The van der Waals surface area contributed by atoms with Crippen molar-refractivity contribution in [3.05, 3.63) is 35.9 Å². The maximum absolute atomic E-state index is 11.3. The van der Waals surface area contributed by atoms with Crippen LogP contribution in [0.3, 0.4) is 0 Å². The summed E-state index contributed by atoms with van der Waals surface area (Å²) in [4.78, 5) is 21.6. The molecule has 0 saturated heterocycles. The fraction of sp³-hybridized carbons (Fsp3) is 0.333. The van der Waals surface area contributed by atoms with Crippen molar-refractivity contribution >= 4 is 11.9 Å². The van der Waals surface area contributed by atoms with Crippen LogP contribution < -0.4 is 0 Å². The molecule has 5 nitrogen and oxygen atoms in total. The predicted octanol–water partition coefficient (Wildman–Crippen LogP) is 1.13. The number of carboxylic acid groups (broad SMARTS) is 1. The molecule has 0 aliphatic carbocycles. The zero-order chi connectivity index (χ0) is 12.8. The van der Waals surface area contributed by atoms with Crippen molar-refractivity contribution in [1.82, 2.24) is 0 Å². The summed E-state index contributed by atoms with van der Waals surface area (Å²) in [5.74, 6) is -2.18. The third-order valence-electron chi connectivity index (χ3n) is 2.20. The zero-order valence-electron chi connectivity index (χ0n) is 9.37. The SMILES string of the molecule is C[C@@H](OC(=O)[C@H](O)CC(=O)O)c1ccccc1. The Morgan fingerprint density at radius 1 is 1.29 bits per heavy atom. The Hall–Kier alpha value is -1.88. The Bertz CT molecular complexity index is 387. The number of hydrogen-bond donors (Lipinski definition) is 2. The van der Waals surface area contributed by atoms with E-state index < -0.39 is 30.6 Å². The third-order valence-corrected chi connectivity index (χ3v) is 2.20. The lowest BCUT2D eigenvalue weighted by Gasteiger charge is -2.15. The fourth-order valence-electron chi connectivity index (χ4n) is 1.29. The summed E-state index contributed by atoms with van der Waals surface area (Å²) in [7, 11) is 0. The van der Waals surface area contributed by atoms with Crippen molar-refractivity contribution in [2.45, 2.75) is 25.6 Å². The van der Waals surface area contributed by atoms with Gasteiger partial charge in [-0.3, -0.25) is 4.79 Å². The van der Waals surface area contributed by atoms with E-state index in [1.165, 1.54) is 0 Å². The number of hydrogen-bond acceptors (Lipinski definition) is 4. The lowest BCUT2D eigenvalue weighted by Crippen LogP contribution is -2.26. The average Bonchev–Trinajstić information content (AvgIpc) is 2.29. The highest BCUT2D eigenvalue weighted by atomic mass is 16.6. The Balaban J connectivity index is 2.54. The largest absolute Gasteiger partial charge is 0.481 e. The van der Waals surface area contributed by atoms with Gasteiger partial charge in [0.1, 0.15) is 6.10 Å². The van der Waals surface area contributed by atoms with Crippen molar-refractivity contribution in [1.29, 1.82) is 0 Å². The second-order valence-electron chi connectivity index (χ2n) is 3.60. The molecule has 5 heteroatoms. The summed E-state index contributed by atoms with van der Waals surface area (Å²) in [5.41, 5.74) is 0.781. The van der Waals surface area contributed by atoms with Gasteiger partial charge in [-0.25, -0.2) is 4.79 Å². The van der Waals surface area contributed by atoms with Crippen LogP contribution in [0.25, 0.3) is 0 Å². The maximum Gasteiger partial charge on any atom is 0.336 e. The van der Waals surface area contributed by atoms with E-state index in [2.05, 4.69) is 0 Å². The molecule has 0 unspecified atom stereocenters. The molecule has 0 spiro atoms. The first kappa shape index (κ1) is 13.2. The number of carbonyl (C=O) groups excluding carboxylic acids is 1. The van der Waals surface area contributed by atoms with Gasteiger partial charge >= 0.3 is 11.9 Å². The Labute approximate surface area is 98.6 Å². The molecule has 2 N–H and O–H groups in total. The van der Waals surface area contributed by atoms with Crippen LogP contribution in [0.1, 0.15) is 25.0 Å². The lowest BCUT2D eigenvalue weighted by atomic mass is 10.1. The first-order chi connectivity index (χ1) is 8.00. The molecule has 0 radical (unpaired) electrons.